The van der Waals surface area contributed by atoms with E-state index in [1.807, 2.05) is 6.92 Å². The first-order chi connectivity index (χ1) is 8.54. The van der Waals surface area contributed by atoms with Crippen molar-refractivity contribution in [3.8, 4) is 5.82 Å². The van der Waals surface area contributed by atoms with E-state index in [0.29, 0.717) is 18.1 Å². The molecule has 0 amide bonds. The Kier molecular flexibility index (Phi) is 3.01. The van der Waals surface area contributed by atoms with Crippen LogP contribution in [0.4, 0.5) is 0 Å². The molecule has 2 aromatic rings. The number of carboxylic acid groups (broad SMARTS) is 1. The molecular weight excluding hydrogens is 234 g/mol. The maximum atomic E-state index is 11.7. The molecule has 0 bridgehead atoms. The molecule has 2 aromatic heterocycles. The van der Waals surface area contributed by atoms with Gasteiger partial charge in [-0.1, -0.05) is 6.07 Å². The third-order valence-electron chi connectivity index (χ3n) is 2.67. The van der Waals surface area contributed by atoms with Gasteiger partial charge in [0.1, 0.15) is 5.82 Å². The number of carboxylic acids is 1. The summed E-state index contributed by atoms with van der Waals surface area (Å²) in [6, 6.07) is 6.30. The van der Waals surface area contributed by atoms with Gasteiger partial charge in [0.15, 0.2) is 5.69 Å². The molecule has 0 aliphatic heterocycles. The SMILES string of the molecule is CCn1c(-n2nc(C(=O)O)cc2C)cccc1=O. The molecular formula is C12H13N3O3. The molecule has 18 heavy (non-hydrogen) atoms. The zero-order valence-corrected chi connectivity index (χ0v) is 10.1. The molecule has 0 saturated heterocycles. The van der Waals surface area contributed by atoms with Crippen LogP contribution in [0.25, 0.3) is 5.82 Å². The van der Waals surface area contributed by atoms with E-state index in [0.717, 1.165) is 0 Å². The predicted molar refractivity (Wildman–Crippen MR) is 65.2 cm³/mol. The average molecular weight is 247 g/mol. The number of aromatic nitrogens is 3. The van der Waals surface area contributed by atoms with E-state index in [1.165, 1.54) is 21.4 Å². The molecule has 94 valence electrons. The third kappa shape index (κ3) is 1.92. The third-order valence-corrected chi connectivity index (χ3v) is 2.67. The van der Waals surface area contributed by atoms with Gasteiger partial charge in [0.2, 0.25) is 0 Å². The lowest BCUT2D eigenvalue weighted by molar-refractivity contribution is 0.0690. The van der Waals surface area contributed by atoms with Gasteiger partial charge in [-0.15, -0.1) is 0 Å². The second-order valence-electron chi connectivity index (χ2n) is 3.85. The number of aromatic carboxylic acids is 1. The molecule has 0 atom stereocenters. The predicted octanol–water partition coefficient (Wildman–Crippen LogP) is 1.06. The zero-order chi connectivity index (χ0) is 13.3. The molecule has 0 fully saturated rings. The quantitative estimate of drug-likeness (QED) is 0.879. The maximum absolute atomic E-state index is 11.7. The number of aryl methyl sites for hydroxylation is 1. The minimum atomic E-state index is -1.09. The van der Waals surface area contributed by atoms with E-state index in [4.69, 9.17) is 5.11 Å². The molecule has 0 unspecified atom stereocenters. The fraction of sp³-hybridized carbons (Fsp3) is 0.250. The molecule has 0 radical (unpaired) electrons. The summed E-state index contributed by atoms with van der Waals surface area (Å²) in [7, 11) is 0. The molecule has 0 aliphatic rings. The highest BCUT2D eigenvalue weighted by Gasteiger charge is 2.13. The number of nitrogens with zero attached hydrogens (tertiary/aromatic N) is 3. The molecule has 0 spiro atoms. The number of rotatable bonds is 3. The molecule has 0 aromatic carbocycles. The summed E-state index contributed by atoms with van der Waals surface area (Å²) in [5.74, 6) is -0.520. The van der Waals surface area contributed by atoms with Crippen molar-refractivity contribution in [2.24, 2.45) is 0 Å². The maximum Gasteiger partial charge on any atom is 0.356 e. The second-order valence-corrected chi connectivity index (χ2v) is 3.85. The van der Waals surface area contributed by atoms with Gasteiger partial charge in [0, 0.05) is 18.3 Å². The zero-order valence-electron chi connectivity index (χ0n) is 10.1. The Morgan fingerprint density at radius 3 is 2.72 bits per heavy atom. The van der Waals surface area contributed by atoms with Crippen molar-refractivity contribution in [2.75, 3.05) is 0 Å². The van der Waals surface area contributed by atoms with Gasteiger partial charge in [-0.3, -0.25) is 9.36 Å². The summed E-state index contributed by atoms with van der Waals surface area (Å²) in [4.78, 5) is 22.6. The fourth-order valence-corrected chi connectivity index (χ4v) is 1.82. The Bertz CT molecular complexity index is 655. The first-order valence-electron chi connectivity index (χ1n) is 5.54. The van der Waals surface area contributed by atoms with Crippen LogP contribution in [0.15, 0.2) is 29.1 Å². The number of pyridine rings is 1. The molecule has 1 N–H and O–H groups in total. The number of hydrogen-bond acceptors (Lipinski definition) is 3. The Labute approximate surface area is 103 Å². The van der Waals surface area contributed by atoms with Gasteiger partial charge in [-0.25, -0.2) is 9.48 Å². The van der Waals surface area contributed by atoms with Gasteiger partial charge < -0.3 is 5.11 Å². The van der Waals surface area contributed by atoms with Gasteiger partial charge >= 0.3 is 5.97 Å². The van der Waals surface area contributed by atoms with E-state index in [1.54, 1.807) is 19.1 Å². The smallest absolute Gasteiger partial charge is 0.356 e. The standard InChI is InChI=1S/C12H13N3O3/c1-3-14-10(5-4-6-11(14)16)15-8(2)7-9(13-15)12(17)18/h4-7H,3H2,1-2H3,(H,17,18). The van der Waals surface area contributed by atoms with Crippen molar-refractivity contribution in [3.63, 3.8) is 0 Å². The van der Waals surface area contributed by atoms with E-state index in [-0.39, 0.29) is 11.3 Å². The first-order valence-corrected chi connectivity index (χ1v) is 5.54. The lowest BCUT2D eigenvalue weighted by Gasteiger charge is -2.11. The second kappa shape index (κ2) is 4.48. The van der Waals surface area contributed by atoms with E-state index in [9.17, 15) is 9.59 Å². The van der Waals surface area contributed by atoms with Crippen molar-refractivity contribution in [2.45, 2.75) is 20.4 Å². The highest BCUT2D eigenvalue weighted by molar-refractivity contribution is 5.85. The summed E-state index contributed by atoms with van der Waals surface area (Å²) < 4.78 is 3.00. The molecule has 6 heteroatoms. The summed E-state index contributed by atoms with van der Waals surface area (Å²) in [6.45, 7) is 4.09. The summed E-state index contributed by atoms with van der Waals surface area (Å²) >= 11 is 0. The van der Waals surface area contributed by atoms with Gasteiger partial charge in [-0.2, -0.15) is 5.10 Å². The Balaban J connectivity index is 2.66. The van der Waals surface area contributed by atoms with Crippen LogP contribution in [-0.4, -0.2) is 25.4 Å². The van der Waals surface area contributed by atoms with Gasteiger partial charge in [0.05, 0.1) is 0 Å². The molecule has 2 rings (SSSR count). The van der Waals surface area contributed by atoms with E-state index >= 15 is 0 Å². The Morgan fingerprint density at radius 2 is 2.17 bits per heavy atom. The summed E-state index contributed by atoms with van der Waals surface area (Å²) in [5, 5.41) is 12.9. The topological polar surface area (TPSA) is 77.1 Å². The van der Waals surface area contributed by atoms with Crippen molar-refractivity contribution >= 4 is 5.97 Å². The highest BCUT2D eigenvalue weighted by atomic mass is 16.4. The minimum Gasteiger partial charge on any atom is -0.476 e. The fourth-order valence-electron chi connectivity index (χ4n) is 1.82. The van der Waals surface area contributed by atoms with Crippen molar-refractivity contribution in [3.05, 3.63) is 46.0 Å². The largest absolute Gasteiger partial charge is 0.476 e. The molecule has 0 saturated carbocycles. The van der Waals surface area contributed by atoms with Crippen LogP contribution in [0.2, 0.25) is 0 Å². The van der Waals surface area contributed by atoms with Crippen molar-refractivity contribution in [1.82, 2.24) is 14.3 Å². The molecule has 0 aliphatic carbocycles. The van der Waals surface area contributed by atoms with E-state index in [2.05, 4.69) is 5.10 Å². The van der Waals surface area contributed by atoms with Crippen molar-refractivity contribution < 1.29 is 9.90 Å². The van der Waals surface area contributed by atoms with Crippen LogP contribution in [0.1, 0.15) is 23.1 Å². The van der Waals surface area contributed by atoms with Crippen LogP contribution < -0.4 is 5.56 Å². The van der Waals surface area contributed by atoms with Crippen LogP contribution in [0, 0.1) is 6.92 Å². The van der Waals surface area contributed by atoms with Gasteiger partial charge in [0.25, 0.3) is 5.56 Å². The number of hydrogen-bond donors (Lipinski definition) is 1. The normalized spacial score (nSPS) is 10.6. The number of carbonyl (C=O) groups is 1. The first kappa shape index (κ1) is 12.1. The highest BCUT2D eigenvalue weighted by Crippen LogP contribution is 2.10. The molecule has 2 heterocycles. The van der Waals surface area contributed by atoms with Crippen molar-refractivity contribution in [1.29, 1.82) is 0 Å². The van der Waals surface area contributed by atoms with Gasteiger partial charge in [-0.05, 0) is 26.0 Å². The Hall–Kier alpha value is -2.37. The summed E-state index contributed by atoms with van der Waals surface area (Å²) in [6.07, 6.45) is 0. The van der Waals surface area contributed by atoms with Crippen LogP contribution >= 0.6 is 0 Å². The lowest BCUT2D eigenvalue weighted by Crippen LogP contribution is -2.23. The minimum absolute atomic E-state index is 0.0357. The lowest BCUT2D eigenvalue weighted by atomic mass is 10.3. The average Bonchev–Trinajstić information content (AvgIpc) is 2.71. The van der Waals surface area contributed by atoms with Crippen LogP contribution in [0.3, 0.4) is 0 Å². The Morgan fingerprint density at radius 1 is 1.44 bits per heavy atom. The summed E-state index contributed by atoms with van der Waals surface area (Å²) in [5.41, 5.74) is 0.494. The van der Waals surface area contributed by atoms with Crippen LogP contribution in [-0.2, 0) is 6.54 Å². The monoisotopic (exact) mass is 247 g/mol. The molecule has 6 nitrogen and oxygen atoms in total. The van der Waals surface area contributed by atoms with Crippen LogP contribution in [0.5, 0.6) is 0 Å². The van der Waals surface area contributed by atoms with E-state index < -0.39 is 5.97 Å².